The second-order valence-electron chi connectivity index (χ2n) is 6.71. The standard InChI is InChI=1S/C23H22N4O2/c1-29-18-13-11-17(12-14-18)24-23(28)27-26-22-15-21(16-7-3-2-4-8-16)25-20-10-6-5-9-19(20)22/h2-14,21,25H,15H2,1H3,(H2,24,27,28). The maximum atomic E-state index is 12.3. The lowest BCUT2D eigenvalue weighted by Gasteiger charge is -2.28. The second-order valence-corrected chi connectivity index (χ2v) is 6.71. The van der Waals surface area contributed by atoms with Crippen molar-refractivity contribution in [3.63, 3.8) is 0 Å². The molecule has 0 fully saturated rings. The van der Waals surface area contributed by atoms with Crippen LogP contribution in [0.25, 0.3) is 0 Å². The van der Waals surface area contributed by atoms with Gasteiger partial charge in [0.1, 0.15) is 5.75 Å². The van der Waals surface area contributed by atoms with Crippen molar-refractivity contribution in [3.8, 4) is 5.75 Å². The van der Waals surface area contributed by atoms with E-state index in [4.69, 9.17) is 4.74 Å². The number of nitrogens with zero attached hydrogens (tertiary/aromatic N) is 1. The summed E-state index contributed by atoms with van der Waals surface area (Å²) in [5, 5.41) is 10.8. The highest BCUT2D eigenvalue weighted by Gasteiger charge is 2.24. The average Bonchev–Trinajstić information content (AvgIpc) is 2.78. The van der Waals surface area contributed by atoms with Crippen LogP contribution in [0, 0.1) is 0 Å². The van der Waals surface area contributed by atoms with Crippen molar-refractivity contribution in [2.75, 3.05) is 17.7 Å². The molecule has 0 aromatic heterocycles. The lowest BCUT2D eigenvalue weighted by atomic mass is 9.92. The van der Waals surface area contributed by atoms with Crippen molar-refractivity contribution >= 4 is 23.1 Å². The number of nitrogens with one attached hydrogen (secondary N) is 3. The number of hydrogen-bond acceptors (Lipinski definition) is 4. The van der Waals surface area contributed by atoms with E-state index in [9.17, 15) is 4.79 Å². The monoisotopic (exact) mass is 386 g/mol. The predicted octanol–water partition coefficient (Wildman–Crippen LogP) is 4.78. The number of para-hydroxylation sites is 1. The van der Waals surface area contributed by atoms with Crippen LogP contribution in [0.15, 0.2) is 84.0 Å². The van der Waals surface area contributed by atoms with Crippen LogP contribution >= 0.6 is 0 Å². The zero-order chi connectivity index (χ0) is 20.1. The van der Waals surface area contributed by atoms with Gasteiger partial charge in [0.05, 0.1) is 18.9 Å². The fourth-order valence-electron chi connectivity index (χ4n) is 3.35. The van der Waals surface area contributed by atoms with Crippen LogP contribution < -0.4 is 20.8 Å². The third kappa shape index (κ3) is 4.38. The first-order valence-electron chi connectivity index (χ1n) is 9.41. The first-order valence-corrected chi connectivity index (χ1v) is 9.41. The smallest absolute Gasteiger partial charge is 0.339 e. The van der Waals surface area contributed by atoms with E-state index < -0.39 is 6.03 Å². The predicted molar refractivity (Wildman–Crippen MR) is 116 cm³/mol. The molecule has 1 heterocycles. The molecule has 4 rings (SSSR count). The number of benzene rings is 3. The zero-order valence-electron chi connectivity index (χ0n) is 16.1. The molecule has 1 aliphatic heterocycles. The van der Waals surface area contributed by atoms with Crippen LogP contribution in [0.5, 0.6) is 5.75 Å². The van der Waals surface area contributed by atoms with Gasteiger partial charge in [-0.1, -0.05) is 48.5 Å². The maximum absolute atomic E-state index is 12.3. The third-order valence-corrected chi connectivity index (χ3v) is 4.81. The summed E-state index contributed by atoms with van der Waals surface area (Å²) in [7, 11) is 1.60. The lowest BCUT2D eigenvalue weighted by Crippen LogP contribution is -2.29. The van der Waals surface area contributed by atoms with E-state index in [-0.39, 0.29) is 6.04 Å². The molecular formula is C23H22N4O2. The van der Waals surface area contributed by atoms with Gasteiger partial charge in [0, 0.05) is 23.4 Å². The number of fused-ring (bicyclic) bond motifs is 1. The number of carbonyl (C=O) groups excluding carboxylic acids is 1. The number of ether oxygens (including phenoxy) is 1. The number of hydrogen-bond donors (Lipinski definition) is 3. The first-order chi connectivity index (χ1) is 14.2. The Balaban J connectivity index is 1.50. The van der Waals surface area contributed by atoms with E-state index in [2.05, 4.69) is 33.3 Å². The minimum absolute atomic E-state index is 0.0938. The molecule has 0 spiro atoms. The van der Waals surface area contributed by atoms with E-state index in [0.29, 0.717) is 12.1 Å². The summed E-state index contributed by atoms with van der Waals surface area (Å²) < 4.78 is 5.12. The van der Waals surface area contributed by atoms with E-state index in [0.717, 1.165) is 22.7 Å². The molecule has 0 saturated carbocycles. The summed E-state index contributed by atoms with van der Waals surface area (Å²) in [5.41, 5.74) is 7.29. The van der Waals surface area contributed by atoms with E-state index in [1.54, 1.807) is 31.4 Å². The highest BCUT2D eigenvalue weighted by atomic mass is 16.5. The topological polar surface area (TPSA) is 74.8 Å². The van der Waals surface area contributed by atoms with Crippen LogP contribution in [0.4, 0.5) is 16.2 Å². The Morgan fingerprint density at radius 3 is 2.48 bits per heavy atom. The molecule has 1 unspecified atom stereocenters. The summed E-state index contributed by atoms with van der Waals surface area (Å²) in [6.45, 7) is 0. The molecular weight excluding hydrogens is 364 g/mol. The molecule has 1 atom stereocenters. The number of carbonyl (C=O) groups is 1. The second kappa shape index (κ2) is 8.48. The fourth-order valence-corrected chi connectivity index (χ4v) is 3.35. The number of rotatable bonds is 4. The van der Waals surface area contributed by atoms with E-state index >= 15 is 0 Å². The highest BCUT2D eigenvalue weighted by molar-refractivity contribution is 6.07. The number of methoxy groups -OCH3 is 1. The summed E-state index contributed by atoms with van der Waals surface area (Å²) in [6.07, 6.45) is 0.670. The van der Waals surface area contributed by atoms with Crippen LogP contribution in [0.3, 0.4) is 0 Å². The molecule has 1 aliphatic rings. The molecule has 6 heteroatoms. The number of amides is 2. The molecule has 0 saturated heterocycles. The van der Waals surface area contributed by atoms with Crippen LogP contribution in [0.1, 0.15) is 23.6 Å². The molecule has 146 valence electrons. The van der Waals surface area contributed by atoms with Gasteiger partial charge in [-0.15, -0.1) is 0 Å². The number of anilines is 2. The van der Waals surface area contributed by atoms with Gasteiger partial charge in [0.2, 0.25) is 0 Å². The third-order valence-electron chi connectivity index (χ3n) is 4.81. The first kappa shape index (κ1) is 18.6. The Kier molecular flexibility index (Phi) is 5.42. The Hall–Kier alpha value is -3.80. The van der Waals surface area contributed by atoms with Gasteiger partial charge in [-0.05, 0) is 35.9 Å². The molecule has 3 N–H and O–H groups in total. The van der Waals surface area contributed by atoms with Crippen molar-refractivity contribution < 1.29 is 9.53 Å². The van der Waals surface area contributed by atoms with Gasteiger partial charge < -0.3 is 15.4 Å². The summed E-state index contributed by atoms with van der Waals surface area (Å²) >= 11 is 0. The minimum Gasteiger partial charge on any atom is -0.497 e. The normalized spacial score (nSPS) is 16.4. The van der Waals surface area contributed by atoms with Crippen molar-refractivity contribution in [2.24, 2.45) is 5.10 Å². The Bertz CT molecular complexity index is 1020. The van der Waals surface area contributed by atoms with Gasteiger partial charge in [0.15, 0.2) is 0 Å². The van der Waals surface area contributed by atoms with Gasteiger partial charge >= 0.3 is 6.03 Å². The minimum atomic E-state index is -0.394. The van der Waals surface area contributed by atoms with Gasteiger partial charge in [-0.2, -0.15) is 5.10 Å². The zero-order valence-corrected chi connectivity index (χ0v) is 16.1. The molecule has 6 nitrogen and oxygen atoms in total. The largest absolute Gasteiger partial charge is 0.497 e. The number of urea groups is 1. The highest BCUT2D eigenvalue weighted by Crippen LogP contribution is 2.32. The molecule has 0 bridgehead atoms. The van der Waals surface area contributed by atoms with Gasteiger partial charge in [-0.25, -0.2) is 10.2 Å². The van der Waals surface area contributed by atoms with Crippen molar-refractivity contribution in [1.29, 1.82) is 0 Å². The van der Waals surface area contributed by atoms with Crippen LogP contribution in [0.2, 0.25) is 0 Å². The van der Waals surface area contributed by atoms with Gasteiger partial charge in [0.25, 0.3) is 0 Å². The average molecular weight is 386 g/mol. The van der Waals surface area contributed by atoms with E-state index in [1.165, 1.54) is 5.56 Å². The van der Waals surface area contributed by atoms with Crippen molar-refractivity contribution in [2.45, 2.75) is 12.5 Å². The quantitative estimate of drug-likeness (QED) is 0.565. The van der Waals surface area contributed by atoms with Crippen molar-refractivity contribution in [1.82, 2.24) is 5.43 Å². The molecule has 0 radical (unpaired) electrons. The van der Waals surface area contributed by atoms with E-state index in [1.807, 2.05) is 42.5 Å². The summed E-state index contributed by atoms with van der Waals surface area (Å²) in [4.78, 5) is 12.3. The molecule has 3 aromatic rings. The Labute approximate surface area is 169 Å². The van der Waals surface area contributed by atoms with Crippen molar-refractivity contribution in [3.05, 3.63) is 90.0 Å². The molecule has 0 aliphatic carbocycles. The SMILES string of the molecule is COc1ccc(NC(=O)NN=C2CC(c3ccccc3)Nc3ccccc32)cc1. The summed E-state index contributed by atoms with van der Waals surface area (Å²) in [6, 6.07) is 25.0. The lowest BCUT2D eigenvalue weighted by molar-refractivity contribution is 0.252. The molecule has 2 amide bonds. The molecule has 3 aromatic carbocycles. The van der Waals surface area contributed by atoms with Gasteiger partial charge in [-0.3, -0.25) is 0 Å². The maximum Gasteiger partial charge on any atom is 0.339 e. The number of hydrazone groups is 1. The van der Waals surface area contributed by atoms with Crippen LogP contribution in [-0.2, 0) is 0 Å². The Morgan fingerprint density at radius 1 is 1.00 bits per heavy atom. The molecule has 29 heavy (non-hydrogen) atoms. The fraction of sp³-hybridized carbons (Fsp3) is 0.130. The summed E-state index contributed by atoms with van der Waals surface area (Å²) in [5.74, 6) is 0.731. The Morgan fingerprint density at radius 2 is 1.72 bits per heavy atom. The van der Waals surface area contributed by atoms with Crippen LogP contribution in [-0.4, -0.2) is 18.9 Å².